The second kappa shape index (κ2) is 7.63. The van der Waals surface area contributed by atoms with Crippen LogP contribution in [0.2, 0.25) is 0 Å². The van der Waals surface area contributed by atoms with Gasteiger partial charge in [-0.25, -0.2) is 0 Å². The molecule has 0 aromatic carbocycles. The molecule has 0 saturated carbocycles. The predicted molar refractivity (Wildman–Crippen MR) is 75.9 cm³/mol. The molecule has 2 aliphatic heterocycles. The average Bonchev–Trinajstić information content (AvgIpc) is 2.80. The summed E-state index contributed by atoms with van der Waals surface area (Å²) >= 11 is 11.2. The third kappa shape index (κ3) is 3.46. The van der Waals surface area contributed by atoms with E-state index in [1.807, 2.05) is 0 Å². The van der Waals surface area contributed by atoms with E-state index in [1.165, 1.54) is 0 Å². The van der Waals surface area contributed by atoms with Gasteiger partial charge in [-0.2, -0.15) is 0 Å². The van der Waals surface area contributed by atoms with Crippen molar-refractivity contribution in [2.24, 2.45) is 0 Å². The Hall–Kier alpha value is 0.220. The maximum atomic E-state index is 10.1. The molecule has 0 aromatic rings. The van der Waals surface area contributed by atoms with Crippen molar-refractivity contribution in [3.63, 3.8) is 0 Å². The molecule has 0 amide bonds. The van der Waals surface area contributed by atoms with Crippen LogP contribution in [-0.2, 0) is 14.2 Å². The van der Waals surface area contributed by atoms with Gasteiger partial charge in [-0.1, -0.05) is 0 Å². The highest BCUT2D eigenvalue weighted by molar-refractivity contribution is 6.18. The standard InChI is InChI=1S/C12H20Cl2O9/c13-1-4-6(16)8(18)9(19)11(21-4)23-12(3-15)10(20)7(17)5(2-14)22-12/h4-11,15-20H,1-3H2/t4-,5-,6-,7-,8+,9-,10+,11-,12+/m1/s1. The fraction of sp³-hybridized carbons (Fsp3) is 1.00. The van der Waals surface area contributed by atoms with Gasteiger partial charge < -0.3 is 44.8 Å². The third-order valence-corrected chi connectivity index (χ3v) is 4.62. The monoisotopic (exact) mass is 378 g/mol. The molecule has 9 nitrogen and oxygen atoms in total. The molecule has 0 spiro atoms. The van der Waals surface area contributed by atoms with Crippen molar-refractivity contribution in [3.8, 4) is 0 Å². The van der Waals surface area contributed by atoms with E-state index in [4.69, 9.17) is 37.4 Å². The number of hydrogen-bond acceptors (Lipinski definition) is 9. The molecule has 0 aromatic heterocycles. The number of aliphatic hydroxyl groups is 6. The van der Waals surface area contributed by atoms with E-state index in [1.54, 1.807) is 0 Å². The van der Waals surface area contributed by atoms with Crippen molar-refractivity contribution >= 4 is 23.2 Å². The summed E-state index contributed by atoms with van der Waals surface area (Å²) in [6.45, 7) is -0.880. The first-order valence-corrected chi connectivity index (χ1v) is 8.02. The first-order chi connectivity index (χ1) is 10.8. The Morgan fingerprint density at radius 3 is 1.96 bits per heavy atom. The van der Waals surface area contributed by atoms with Crippen LogP contribution in [0.15, 0.2) is 0 Å². The number of alkyl halides is 2. The summed E-state index contributed by atoms with van der Waals surface area (Å²) < 4.78 is 15.8. The summed E-state index contributed by atoms with van der Waals surface area (Å²) in [5.41, 5.74) is 0. The quantitative estimate of drug-likeness (QED) is 0.277. The summed E-state index contributed by atoms with van der Waals surface area (Å²) in [6, 6.07) is 0. The largest absolute Gasteiger partial charge is 0.391 e. The lowest BCUT2D eigenvalue weighted by atomic mass is 9.99. The van der Waals surface area contributed by atoms with E-state index in [-0.39, 0.29) is 11.8 Å². The van der Waals surface area contributed by atoms with Crippen molar-refractivity contribution in [3.05, 3.63) is 0 Å². The lowest BCUT2D eigenvalue weighted by Gasteiger charge is -2.43. The van der Waals surface area contributed by atoms with Crippen LogP contribution in [0.1, 0.15) is 0 Å². The Morgan fingerprint density at radius 1 is 0.870 bits per heavy atom. The number of rotatable bonds is 5. The van der Waals surface area contributed by atoms with E-state index < -0.39 is 61.4 Å². The van der Waals surface area contributed by atoms with Crippen molar-refractivity contribution in [2.75, 3.05) is 18.4 Å². The molecule has 9 atom stereocenters. The topological polar surface area (TPSA) is 149 Å². The SMILES string of the molecule is OC[C@@]1(O[C@H]2O[C@H](CCl)[C@@H](O)[C@H](O)[C@H]2O)O[C@H](CCl)[C@@H](O)[C@@H]1O. The van der Waals surface area contributed by atoms with E-state index >= 15 is 0 Å². The minimum absolute atomic E-state index is 0.178. The van der Waals surface area contributed by atoms with Gasteiger partial charge in [0.2, 0.25) is 5.79 Å². The highest BCUT2D eigenvalue weighted by Crippen LogP contribution is 2.36. The second-order valence-electron chi connectivity index (χ2n) is 5.50. The number of ether oxygens (including phenoxy) is 3. The van der Waals surface area contributed by atoms with Crippen molar-refractivity contribution in [2.45, 2.75) is 54.8 Å². The van der Waals surface area contributed by atoms with Crippen LogP contribution in [0, 0.1) is 0 Å². The molecule has 2 heterocycles. The van der Waals surface area contributed by atoms with E-state index in [2.05, 4.69) is 0 Å². The van der Waals surface area contributed by atoms with Crippen LogP contribution >= 0.6 is 23.2 Å². The van der Waals surface area contributed by atoms with Crippen LogP contribution in [0.25, 0.3) is 0 Å². The molecule has 2 rings (SSSR count). The summed E-state index contributed by atoms with van der Waals surface area (Å²) in [5, 5.41) is 58.9. The Kier molecular flexibility index (Phi) is 6.48. The minimum Gasteiger partial charge on any atom is -0.391 e. The Balaban J connectivity index is 2.18. The number of hydrogen-bond donors (Lipinski definition) is 6. The van der Waals surface area contributed by atoms with Gasteiger partial charge in [0.25, 0.3) is 0 Å². The van der Waals surface area contributed by atoms with Gasteiger partial charge in [-0.3, -0.25) is 0 Å². The molecule has 2 saturated heterocycles. The molecular formula is C12H20Cl2O9. The second-order valence-corrected chi connectivity index (χ2v) is 6.12. The summed E-state index contributed by atoms with van der Waals surface area (Å²) in [7, 11) is 0. The zero-order valence-corrected chi connectivity index (χ0v) is 13.4. The normalized spacial score (nSPS) is 51.1. The number of halogens is 2. The minimum atomic E-state index is -2.11. The molecule has 0 aliphatic carbocycles. The Labute approximate surface area is 141 Å². The molecule has 0 unspecified atom stereocenters. The molecule has 0 bridgehead atoms. The fourth-order valence-electron chi connectivity index (χ4n) is 2.59. The van der Waals surface area contributed by atoms with Gasteiger partial charge in [0.05, 0.1) is 11.8 Å². The van der Waals surface area contributed by atoms with E-state index in [0.717, 1.165) is 0 Å². The fourth-order valence-corrected chi connectivity index (χ4v) is 3.09. The molecule has 23 heavy (non-hydrogen) atoms. The van der Waals surface area contributed by atoms with Crippen LogP contribution in [0.5, 0.6) is 0 Å². The van der Waals surface area contributed by atoms with Crippen LogP contribution in [-0.4, -0.2) is 104 Å². The number of aliphatic hydroxyl groups excluding tert-OH is 6. The average molecular weight is 379 g/mol. The summed E-state index contributed by atoms with van der Waals surface area (Å²) in [4.78, 5) is 0. The van der Waals surface area contributed by atoms with Gasteiger partial charge in [0, 0.05) is 0 Å². The summed E-state index contributed by atoms with van der Waals surface area (Å²) in [5.74, 6) is -2.49. The smallest absolute Gasteiger partial charge is 0.224 e. The lowest BCUT2D eigenvalue weighted by Crippen LogP contribution is -2.62. The highest BCUT2D eigenvalue weighted by atomic mass is 35.5. The molecule has 136 valence electrons. The lowest BCUT2D eigenvalue weighted by molar-refractivity contribution is -0.379. The molecule has 11 heteroatoms. The Bertz CT molecular complexity index is 401. The summed E-state index contributed by atoms with van der Waals surface area (Å²) in [6.07, 6.45) is -11.5. The zero-order valence-electron chi connectivity index (χ0n) is 11.9. The first-order valence-electron chi connectivity index (χ1n) is 6.95. The first kappa shape index (κ1) is 19.5. The van der Waals surface area contributed by atoms with Crippen molar-refractivity contribution in [1.82, 2.24) is 0 Å². The Morgan fingerprint density at radius 2 is 1.48 bits per heavy atom. The molecular weight excluding hydrogens is 359 g/mol. The van der Waals surface area contributed by atoms with Crippen molar-refractivity contribution in [1.29, 1.82) is 0 Å². The highest BCUT2D eigenvalue weighted by Gasteiger charge is 2.58. The van der Waals surface area contributed by atoms with Crippen molar-refractivity contribution < 1.29 is 44.8 Å². The molecule has 6 N–H and O–H groups in total. The van der Waals surface area contributed by atoms with Gasteiger partial charge in [-0.15, -0.1) is 23.2 Å². The molecule has 2 aliphatic rings. The van der Waals surface area contributed by atoms with Gasteiger partial charge in [0.15, 0.2) is 6.29 Å². The molecule has 2 fully saturated rings. The predicted octanol–water partition coefficient (Wildman–Crippen LogP) is -2.90. The van der Waals surface area contributed by atoms with Gasteiger partial charge in [-0.05, 0) is 0 Å². The van der Waals surface area contributed by atoms with Crippen LogP contribution in [0.3, 0.4) is 0 Å². The van der Waals surface area contributed by atoms with E-state index in [0.29, 0.717) is 0 Å². The molecule has 0 radical (unpaired) electrons. The maximum absolute atomic E-state index is 10.1. The van der Waals surface area contributed by atoms with Crippen LogP contribution in [0.4, 0.5) is 0 Å². The van der Waals surface area contributed by atoms with Gasteiger partial charge in [0.1, 0.15) is 49.3 Å². The van der Waals surface area contributed by atoms with E-state index in [9.17, 15) is 30.6 Å². The van der Waals surface area contributed by atoms with Gasteiger partial charge >= 0.3 is 0 Å². The zero-order chi connectivity index (χ0) is 17.4. The van der Waals surface area contributed by atoms with Crippen LogP contribution < -0.4 is 0 Å². The third-order valence-electron chi connectivity index (χ3n) is 4.01. The maximum Gasteiger partial charge on any atom is 0.224 e.